The molecule has 0 saturated heterocycles. The number of nitrogens with zero attached hydrogens (tertiary/aromatic N) is 2. The predicted octanol–water partition coefficient (Wildman–Crippen LogP) is 2.46. The summed E-state index contributed by atoms with van der Waals surface area (Å²) in [5.74, 6) is 0. The summed E-state index contributed by atoms with van der Waals surface area (Å²) in [4.78, 5) is 2.07. The molecule has 86 valence electrons. The summed E-state index contributed by atoms with van der Waals surface area (Å²) in [5, 5.41) is 18.5. The van der Waals surface area contributed by atoms with Gasteiger partial charge in [-0.3, -0.25) is 0 Å². The third kappa shape index (κ3) is 2.74. The molecule has 0 aliphatic heterocycles. The Morgan fingerprint density at radius 1 is 1.50 bits per heavy atom. The Bertz CT molecular complexity index is 393. The van der Waals surface area contributed by atoms with Crippen LogP contribution < -0.4 is 4.90 Å². The van der Waals surface area contributed by atoms with Gasteiger partial charge >= 0.3 is 0 Å². The largest absolute Gasteiger partial charge is 0.389 e. The van der Waals surface area contributed by atoms with Gasteiger partial charge in [-0.25, -0.2) is 0 Å². The first-order chi connectivity index (χ1) is 7.60. The second-order valence-electron chi connectivity index (χ2n) is 3.98. The highest BCUT2D eigenvalue weighted by molar-refractivity contribution is 5.58. The zero-order valence-corrected chi connectivity index (χ0v) is 10.1. The highest BCUT2D eigenvalue weighted by Crippen LogP contribution is 2.26. The van der Waals surface area contributed by atoms with Crippen molar-refractivity contribution in [1.82, 2.24) is 0 Å². The Hall–Kier alpha value is -1.53. The van der Waals surface area contributed by atoms with Gasteiger partial charge in [-0.1, -0.05) is 13.0 Å². The molecule has 0 fully saturated rings. The molecule has 0 saturated carbocycles. The first-order valence-electron chi connectivity index (χ1n) is 5.53. The fourth-order valence-corrected chi connectivity index (χ4v) is 1.75. The SMILES string of the molecule is CCCN(C)c1cc(C#N)ccc1[C@@H](C)O. The van der Waals surface area contributed by atoms with E-state index in [4.69, 9.17) is 5.26 Å². The number of benzene rings is 1. The van der Waals surface area contributed by atoms with Crippen LogP contribution in [0.3, 0.4) is 0 Å². The van der Waals surface area contributed by atoms with E-state index in [1.54, 1.807) is 13.0 Å². The van der Waals surface area contributed by atoms with Crippen LogP contribution in [0.25, 0.3) is 0 Å². The van der Waals surface area contributed by atoms with Gasteiger partial charge < -0.3 is 10.0 Å². The molecule has 0 spiro atoms. The van der Waals surface area contributed by atoms with E-state index in [0.717, 1.165) is 24.2 Å². The van der Waals surface area contributed by atoms with Crippen LogP contribution in [-0.4, -0.2) is 18.7 Å². The minimum Gasteiger partial charge on any atom is -0.389 e. The van der Waals surface area contributed by atoms with Crippen molar-refractivity contribution in [2.45, 2.75) is 26.4 Å². The summed E-state index contributed by atoms with van der Waals surface area (Å²) in [6.07, 6.45) is 0.522. The summed E-state index contributed by atoms with van der Waals surface area (Å²) in [5.41, 5.74) is 2.44. The quantitative estimate of drug-likeness (QED) is 0.844. The smallest absolute Gasteiger partial charge is 0.0992 e. The normalized spacial score (nSPS) is 11.9. The van der Waals surface area contributed by atoms with Gasteiger partial charge in [-0.2, -0.15) is 5.26 Å². The second-order valence-corrected chi connectivity index (χ2v) is 3.98. The van der Waals surface area contributed by atoms with Crippen molar-refractivity contribution in [2.75, 3.05) is 18.5 Å². The lowest BCUT2D eigenvalue weighted by Crippen LogP contribution is -2.20. The Labute approximate surface area is 96.9 Å². The van der Waals surface area contributed by atoms with Crippen LogP contribution in [0.15, 0.2) is 18.2 Å². The van der Waals surface area contributed by atoms with Crippen LogP contribution in [0.2, 0.25) is 0 Å². The van der Waals surface area contributed by atoms with Crippen molar-refractivity contribution in [1.29, 1.82) is 5.26 Å². The van der Waals surface area contributed by atoms with Crippen molar-refractivity contribution in [2.24, 2.45) is 0 Å². The summed E-state index contributed by atoms with van der Waals surface area (Å²) in [6.45, 7) is 4.76. The molecule has 1 aromatic carbocycles. The Morgan fingerprint density at radius 3 is 2.69 bits per heavy atom. The first kappa shape index (κ1) is 12.5. The van der Waals surface area contributed by atoms with Crippen LogP contribution >= 0.6 is 0 Å². The molecule has 0 aromatic heterocycles. The molecule has 0 amide bonds. The average molecular weight is 218 g/mol. The maximum atomic E-state index is 9.68. The minimum absolute atomic E-state index is 0.512. The average Bonchev–Trinajstić information content (AvgIpc) is 2.28. The van der Waals surface area contributed by atoms with Gasteiger partial charge in [0.1, 0.15) is 0 Å². The molecular weight excluding hydrogens is 200 g/mol. The van der Waals surface area contributed by atoms with Gasteiger partial charge in [-0.05, 0) is 25.5 Å². The number of rotatable bonds is 4. The van der Waals surface area contributed by atoms with Gasteiger partial charge in [0, 0.05) is 24.8 Å². The maximum Gasteiger partial charge on any atom is 0.0992 e. The third-order valence-corrected chi connectivity index (χ3v) is 2.58. The number of nitriles is 1. The molecule has 0 bridgehead atoms. The molecule has 1 aromatic rings. The fraction of sp³-hybridized carbons (Fsp3) is 0.462. The lowest BCUT2D eigenvalue weighted by atomic mass is 10.0. The Kier molecular flexibility index (Phi) is 4.33. The highest BCUT2D eigenvalue weighted by Gasteiger charge is 2.11. The molecule has 1 atom stereocenters. The molecule has 3 nitrogen and oxygen atoms in total. The molecule has 0 heterocycles. The first-order valence-corrected chi connectivity index (χ1v) is 5.53. The minimum atomic E-state index is -0.512. The summed E-state index contributed by atoms with van der Waals surface area (Å²) >= 11 is 0. The lowest BCUT2D eigenvalue weighted by Gasteiger charge is -2.23. The molecule has 0 aliphatic rings. The van der Waals surface area contributed by atoms with Crippen molar-refractivity contribution in [3.05, 3.63) is 29.3 Å². The third-order valence-electron chi connectivity index (χ3n) is 2.58. The zero-order valence-electron chi connectivity index (χ0n) is 10.1. The van der Waals surface area contributed by atoms with Gasteiger partial charge in [0.05, 0.1) is 17.7 Å². The number of aliphatic hydroxyl groups is 1. The van der Waals surface area contributed by atoms with E-state index < -0.39 is 6.10 Å². The van der Waals surface area contributed by atoms with Crippen LogP contribution in [0, 0.1) is 11.3 Å². The topological polar surface area (TPSA) is 47.3 Å². The molecule has 0 radical (unpaired) electrons. The van der Waals surface area contributed by atoms with Gasteiger partial charge in [-0.15, -0.1) is 0 Å². The molecule has 16 heavy (non-hydrogen) atoms. The fourth-order valence-electron chi connectivity index (χ4n) is 1.75. The molecule has 0 aliphatic carbocycles. The number of hydrogen-bond acceptors (Lipinski definition) is 3. The monoisotopic (exact) mass is 218 g/mol. The molecular formula is C13H18N2O. The zero-order chi connectivity index (χ0) is 12.1. The van der Waals surface area contributed by atoms with Crippen LogP contribution in [-0.2, 0) is 0 Å². The van der Waals surface area contributed by atoms with Crippen molar-refractivity contribution in [3.8, 4) is 6.07 Å². The lowest BCUT2D eigenvalue weighted by molar-refractivity contribution is 0.199. The summed E-state index contributed by atoms with van der Waals surface area (Å²) in [6, 6.07) is 7.52. The predicted molar refractivity (Wildman–Crippen MR) is 65.4 cm³/mol. The van der Waals surface area contributed by atoms with Gasteiger partial charge in [0.2, 0.25) is 0 Å². The number of hydrogen-bond donors (Lipinski definition) is 1. The summed E-state index contributed by atoms with van der Waals surface area (Å²) in [7, 11) is 1.98. The van der Waals surface area contributed by atoms with Crippen molar-refractivity contribution >= 4 is 5.69 Å². The standard InChI is InChI=1S/C13H18N2O/c1-4-7-15(3)13-8-11(9-14)5-6-12(13)10(2)16/h5-6,8,10,16H,4,7H2,1-3H3/t10-/m1/s1. The van der Waals surface area contributed by atoms with Gasteiger partial charge in [0.25, 0.3) is 0 Å². The highest BCUT2D eigenvalue weighted by atomic mass is 16.3. The van der Waals surface area contributed by atoms with Crippen molar-refractivity contribution in [3.63, 3.8) is 0 Å². The van der Waals surface area contributed by atoms with Crippen molar-refractivity contribution < 1.29 is 5.11 Å². The Morgan fingerprint density at radius 2 is 2.19 bits per heavy atom. The van der Waals surface area contributed by atoms with E-state index in [-0.39, 0.29) is 0 Å². The molecule has 1 N–H and O–H groups in total. The van der Waals surface area contributed by atoms with Gasteiger partial charge in [0.15, 0.2) is 0 Å². The molecule has 0 unspecified atom stereocenters. The Balaban J connectivity index is 3.15. The number of aliphatic hydroxyl groups excluding tert-OH is 1. The van der Waals surface area contributed by atoms with E-state index in [0.29, 0.717) is 5.56 Å². The van der Waals surface area contributed by atoms with E-state index in [1.165, 1.54) is 0 Å². The molecule has 1 rings (SSSR count). The summed E-state index contributed by atoms with van der Waals surface area (Å²) < 4.78 is 0. The second kappa shape index (κ2) is 5.53. The van der Waals surface area contributed by atoms with E-state index in [2.05, 4.69) is 17.9 Å². The molecule has 3 heteroatoms. The van der Waals surface area contributed by atoms with Crippen LogP contribution in [0.1, 0.15) is 37.5 Å². The van der Waals surface area contributed by atoms with E-state index in [1.807, 2.05) is 19.2 Å². The van der Waals surface area contributed by atoms with E-state index in [9.17, 15) is 5.11 Å². The van der Waals surface area contributed by atoms with Crippen LogP contribution in [0.4, 0.5) is 5.69 Å². The van der Waals surface area contributed by atoms with Crippen LogP contribution in [0.5, 0.6) is 0 Å². The number of anilines is 1. The maximum absolute atomic E-state index is 9.68. The van der Waals surface area contributed by atoms with E-state index >= 15 is 0 Å².